The van der Waals surface area contributed by atoms with Crippen LogP contribution in [0.2, 0.25) is 5.02 Å². The van der Waals surface area contributed by atoms with Crippen LogP contribution >= 0.6 is 11.6 Å². The molecule has 3 rings (SSSR count). The third-order valence-electron chi connectivity index (χ3n) is 2.87. The van der Waals surface area contributed by atoms with Gasteiger partial charge >= 0.3 is 0 Å². The Kier molecular flexibility index (Phi) is 3.05. The van der Waals surface area contributed by atoms with Gasteiger partial charge in [0.2, 0.25) is 0 Å². The number of benzene rings is 2. The normalized spacial score (nSPS) is 10.8. The number of phenols is 1. The van der Waals surface area contributed by atoms with E-state index in [4.69, 9.17) is 20.8 Å². The fourth-order valence-corrected chi connectivity index (χ4v) is 2.07. The number of hydrogen-bond donors (Lipinski definition) is 1. The Balaban J connectivity index is 1.84. The van der Waals surface area contributed by atoms with E-state index in [0.29, 0.717) is 17.4 Å². The summed E-state index contributed by atoms with van der Waals surface area (Å²) in [6.45, 7) is 0.326. The first kappa shape index (κ1) is 11.9. The quantitative estimate of drug-likeness (QED) is 0.771. The highest BCUT2D eigenvalue weighted by Crippen LogP contribution is 2.28. The first-order valence-electron chi connectivity index (χ1n) is 5.80. The maximum atomic E-state index is 9.62. The van der Waals surface area contributed by atoms with Gasteiger partial charge in [-0.1, -0.05) is 23.7 Å². The van der Waals surface area contributed by atoms with Crippen molar-refractivity contribution in [3.05, 3.63) is 59.3 Å². The summed E-state index contributed by atoms with van der Waals surface area (Å²) in [7, 11) is 0. The minimum atomic E-state index is 0.123. The molecule has 0 atom stereocenters. The molecule has 0 bridgehead atoms. The van der Waals surface area contributed by atoms with E-state index >= 15 is 0 Å². The van der Waals surface area contributed by atoms with Crippen molar-refractivity contribution in [3.63, 3.8) is 0 Å². The molecule has 0 aliphatic heterocycles. The van der Waals surface area contributed by atoms with E-state index in [1.54, 1.807) is 30.5 Å². The van der Waals surface area contributed by atoms with Crippen LogP contribution in [0.15, 0.2) is 53.1 Å². The summed E-state index contributed by atoms with van der Waals surface area (Å²) >= 11 is 5.90. The molecule has 0 aliphatic carbocycles. The van der Waals surface area contributed by atoms with Crippen LogP contribution in [0.1, 0.15) is 5.56 Å². The predicted molar refractivity (Wildman–Crippen MR) is 73.7 cm³/mol. The molecule has 4 heteroatoms. The zero-order valence-electron chi connectivity index (χ0n) is 9.97. The molecular weight excluding hydrogens is 264 g/mol. The van der Waals surface area contributed by atoms with Crippen LogP contribution in [0.4, 0.5) is 0 Å². The van der Waals surface area contributed by atoms with Gasteiger partial charge in [0, 0.05) is 16.0 Å². The first-order valence-corrected chi connectivity index (χ1v) is 6.18. The molecule has 3 nitrogen and oxygen atoms in total. The summed E-state index contributed by atoms with van der Waals surface area (Å²) < 4.78 is 11.0. The number of ether oxygens (including phenoxy) is 1. The summed E-state index contributed by atoms with van der Waals surface area (Å²) in [6, 6.07) is 12.3. The van der Waals surface area contributed by atoms with E-state index in [-0.39, 0.29) is 5.75 Å². The number of halogens is 1. The van der Waals surface area contributed by atoms with Crippen molar-refractivity contribution in [2.24, 2.45) is 0 Å². The van der Waals surface area contributed by atoms with Crippen LogP contribution in [-0.2, 0) is 6.61 Å². The molecule has 0 spiro atoms. The lowest BCUT2D eigenvalue weighted by Crippen LogP contribution is -1.94. The largest absolute Gasteiger partial charge is 0.504 e. The molecule has 0 saturated heterocycles. The van der Waals surface area contributed by atoms with Crippen molar-refractivity contribution in [1.29, 1.82) is 0 Å². The number of furan rings is 1. The van der Waals surface area contributed by atoms with Gasteiger partial charge in [-0.25, -0.2) is 0 Å². The van der Waals surface area contributed by atoms with Gasteiger partial charge in [0.15, 0.2) is 11.5 Å². The van der Waals surface area contributed by atoms with E-state index in [9.17, 15) is 5.11 Å². The number of rotatable bonds is 3. The SMILES string of the molecule is Oc1ccccc1OCc1coc2cc(Cl)ccc12. The monoisotopic (exact) mass is 274 g/mol. The Morgan fingerprint density at radius 1 is 1.16 bits per heavy atom. The second-order valence-corrected chi connectivity index (χ2v) is 4.59. The Morgan fingerprint density at radius 3 is 2.84 bits per heavy atom. The highest BCUT2D eigenvalue weighted by molar-refractivity contribution is 6.31. The van der Waals surface area contributed by atoms with Crippen molar-refractivity contribution in [1.82, 2.24) is 0 Å². The zero-order valence-corrected chi connectivity index (χ0v) is 10.7. The van der Waals surface area contributed by atoms with Crippen molar-refractivity contribution >= 4 is 22.6 Å². The third-order valence-corrected chi connectivity index (χ3v) is 3.10. The van der Waals surface area contributed by atoms with Gasteiger partial charge in [-0.05, 0) is 30.3 Å². The molecule has 0 unspecified atom stereocenters. The van der Waals surface area contributed by atoms with E-state index in [2.05, 4.69) is 0 Å². The van der Waals surface area contributed by atoms with E-state index < -0.39 is 0 Å². The van der Waals surface area contributed by atoms with Gasteiger partial charge < -0.3 is 14.3 Å². The fraction of sp³-hybridized carbons (Fsp3) is 0.0667. The lowest BCUT2D eigenvalue weighted by atomic mass is 10.2. The van der Waals surface area contributed by atoms with Crippen LogP contribution in [0.5, 0.6) is 11.5 Å². The summed E-state index contributed by atoms with van der Waals surface area (Å²) in [5, 5.41) is 11.2. The minimum absolute atomic E-state index is 0.123. The van der Waals surface area contributed by atoms with Gasteiger partial charge in [0.1, 0.15) is 12.2 Å². The first-order chi connectivity index (χ1) is 9.24. The molecule has 0 fully saturated rings. The fourth-order valence-electron chi connectivity index (χ4n) is 1.90. The van der Waals surface area contributed by atoms with Crippen molar-refractivity contribution in [2.45, 2.75) is 6.61 Å². The standard InChI is InChI=1S/C15H11ClO3/c16-11-5-6-12-10(9-19-15(12)7-11)8-18-14-4-2-1-3-13(14)17/h1-7,9,17H,8H2. The summed E-state index contributed by atoms with van der Waals surface area (Å²) in [6.07, 6.45) is 1.64. The number of hydrogen-bond acceptors (Lipinski definition) is 3. The van der Waals surface area contributed by atoms with Gasteiger partial charge in [-0.15, -0.1) is 0 Å². The van der Waals surface area contributed by atoms with Crippen LogP contribution in [-0.4, -0.2) is 5.11 Å². The molecule has 0 saturated carbocycles. The van der Waals surface area contributed by atoms with Crippen LogP contribution in [0, 0.1) is 0 Å². The van der Waals surface area contributed by atoms with E-state index in [1.807, 2.05) is 18.2 Å². The van der Waals surface area contributed by atoms with Crippen LogP contribution in [0.3, 0.4) is 0 Å². The molecule has 0 amide bonds. The average Bonchev–Trinajstić information content (AvgIpc) is 2.80. The molecule has 1 N–H and O–H groups in total. The lowest BCUT2D eigenvalue weighted by molar-refractivity contribution is 0.289. The number of aromatic hydroxyl groups is 1. The Morgan fingerprint density at radius 2 is 2.00 bits per heavy atom. The summed E-state index contributed by atoms with van der Waals surface area (Å²) in [5.74, 6) is 0.573. The summed E-state index contributed by atoms with van der Waals surface area (Å²) in [5.41, 5.74) is 1.64. The molecule has 19 heavy (non-hydrogen) atoms. The van der Waals surface area contributed by atoms with Crippen LogP contribution < -0.4 is 4.74 Å². The lowest BCUT2D eigenvalue weighted by Gasteiger charge is -2.06. The maximum Gasteiger partial charge on any atom is 0.161 e. The van der Waals surface area contributed by atoms with Crippen molar-refractivity contribution in [2.75, 3.05) is 0 Å². The Labute approximate surface area is 115 Å². The van der Waals surface area contributed by atoms with Crippen molar-refractivity contribution < 1.29 is 14.3 Å². The molecule has 1 aromatic heterocycles. The highest BCUT2D eigenvalue weighted by Gasteiger charge is 2.08. The number of para-hydroxylation sites is 2. The topological polar surface area (TPSA) is 42.6 Å². The smallest absolute Gasteiger partial charge is 0.161 e. The number of phenolic OH excluding ortho intramolecular Hbond substituents is 1. The minimum Gasteiger partial charge on any atom is -0.504 e. The highest BCUT2D eigenvalue weighted by atomic mass is 35.5. The summed E-state index contributed by atoms with van der Waals surface area (Å²) in [4.78, 5) is 0. The third kappa shape index (κ3) is 2.37. The van der Waals surface area contributed by atoms with Gasteiger partial charge in [0.25, 0.3) is 0 Å². The molecule has 1 heterocycles. The molecule has 96 valence electrons. The van der Waals surface area contributed by atoms with Crippen LogP contribution in [0.25, 0.3) is 11.0 Å². The van der Waals surface area contributed by atoms with Gasteiger partial charge in [0.05, 0.1) is 6.26 Å². The molecule has 0 aliphatic rings. The average molecular weight is 275 g/mol. The second-order valence-electron chi connectivity index (χ2n) is 4.16. The molecule has 3 aromatic rings. The zero-order chi connectivity index (χ0) is 13.2. The Bertz CT molecular complexity index is 718. The second kappa shape index (κ2) is 4.86. The van der Waals surface area contributed by atoms with Gasteiger partial charge in [-0.2, -0.15) is 0 Å². The van der Waals surface area contributed by atoms with E-state index in [0.717, 1.165) is 16.5 Å². The molecule has 2 aromatic carbocycles. The molecular formula is C15H11ClO3. The maximum absolute atomic E-state index is 9.62. The van der Waals surface area contributed by atoms with Crippen molar-refractivity contribution in [3.8, 4) is 11.5 Å². The van der Waals surface area contributed by atoms with E-state index in [1.165, 1.54) is 0 Å². The molecule has 0 radical (unpaired) electrons. The predicted octanol–water partition coefficient (Wildman–Crippen LogP) is 4.37. The van der Waals surface area contributed by atoms with Gasteiger partial charge in [-0.3, -0.25) is 0 Å². The number of fused-ring (bicyclic) bond motifs is 1. The Hall–Kier alpha value is -2.13.